The molecule has 0 bridgehead atoms. The summed E-state index contributed by atoms with van der Waals surface area (Å²) in [5, 5.41) is 14.7. The number of aromatic nitrogens is 3. The molecule has 9 heteroatoms. The molecule has 2 aromatic heterocycles. The Morgan fingerprint density at radius 2 is 1.96 bits per heavy atom. The number of para-hydroxylation sites is 1. The number of aliphatic imine (C=N–C) groups is 1. The fraction of sp³-hybridized carbons (Fsp3) is 0.316. The third kappa shape index (κ3) is 5.54. The Kier molecular flexibility index (Phi) is 8.42. The fourth-order valence-corrected chi connectivity index (χ4v) is 2.59. The molecule has 3 rings (SSSR count). The van der Waals surface area contributed by atoms with E-state index in [1.165, 1.54) is 6.07 Å². The number of hydrogen-bond donors (Lipinski definition) is 2. The lowest BCUT2D eigenvalue weighted by atomic mass is 10.2. The first-order valence-corrected chi connectivity index (χ1v) is 8.85. The van der Waals surface area contributed by atoms with Gasteiger partial charge in [-0.25, -0.2) is 4.39 Å². The van der Waals surface area contributed by atoms with Gasteiger partial charge in [0.05, 0.1) is 13.1 Å². The lowest BCUT2D eigenvalue weighted by Crippen LogP contribution is -2.42. The first-order chi connectivity index (χ1) is 13.2. The highest BCUT2D eigenvalue weighted by Gasteiger charge is 2.12. The average Bonchev–Trinajstić information content (AvgIpc) is 3.11. The third-order valence-corrected chi connectivity index (χ3v) is 4.10. The molecule has 3 aromatic rings. The number of guanidine groups is 1. The number of pyridine rings is 1. The number of halogens is 2. The fourth-order valence-electron chi connectivity index (χ4n) is 2.59. The van der Waals surface area contributed by atoms with E-state index in [1.54, 1.807) is 25.2 Å². The second-order valence-electron chi connectivity index (χ2n) is 5.93. The zero-order valence-corrected chi connectivity index (χ0v) is 18.1. The van der Waals surface area contributed by atoms with E-state index in [2.05, 4.69) is 25.8 Å². The van der Waals surface area contributed by atoms with Gasteiger partial charge in [-0.2, -0.15) is 0 Å². The van der Waals surface area contributed by atoms with E-state index in [1.807, 2.05) is 35.7 Å². The molecule has 2 N–H and O–H groups in total. The maximum atomic E-state index is 13.8. The quantitative estimate of drug-likeness (QED) is 0.298. The van der Waals surface area contributed by atoms with Crippen LogP contribution in [-0.2, 0) is 6.54 Å². The van der Waals surface area contributed by atoms with Gasteiger partial charge >= 0.3 is 0 Å². The molecule has 1 aromatic carbocycles. The highest BCUT2D eigenvalue weighted by molar-refractivity contribution is 14.0. The van der Waals surface area contributed by atoms with Crippen molar-refractivity contribution in [2.45, 2.75) is 26.0 Å². The predicted molar refractivity (Wildman–Crippen MR) is 118 cm³/mol. The van der Waals surface area contributed by atoms with E-state index >= 15 is 0 Å². The van der Waals surface area contributed by atoms with Crippen LogP contribution in [0.4, 0.5) is 4.39 Å². The molecule has 0 radical (unpaired) electrons. The lowest BCUT2D eigenvalue weighted by molar-refractivity contribution is 0.191. The monoisotopic (exact) mass is 498 g/mol. The molecule has 0 saturated carbocycles. The molecular formula is C19H24FIN6O. The summed E-state index contributed by atoms with van der Waals surface area (Å²) in [6.07, 6.45) is 2.46. The second kappa shape index (κ2) is 10.8. The molecule has 0 aliphatic rings. The maximum absolute atomic E-state index is 13.8. The Morgan fingerprint density at radius 3 is 2.71 bits per heavy atom. The highest BCUT2D eigenvalue weighted by atomic mass is 127. The summed E-state index contributed by atoms with van der Waals surface area (Å²) in [5.41, 5.74) is 0.793. The topological polar surface area (TPSA) is 75.8 Å². The maximum Gasteiger partial charge on any atom is 0.191 e. The largest absolute Gasteiger partial charge is 0.486 e. The van der Waals surface area contributed by atoms with Crippen LogP contribution in [0.5, 0.6) is 5.75 Å². The van der Waals surface area contributed by atoms with Crippen LogP contribution in [0.15, 0.2) is 53.7 Å². The summed E-state index contributed by atoms with van der Waals surface area (Å²) < 4.78 is 21.4. The van der Waals surface area contributed by atoms with Gasteiger partial charge in [0.15, 0.2) is 29.0 Å². The standard InChI is InChI=1S/C19H23FN6O.HI/c1-3-14(27-16-9-5-4-8-15(16)20)12-22-19(21-2)23-13-18-25-24-17-10-6-7-11-26(17)18;/h4-11,14H,3,12-13H2,1-2H3,(H2,21,22,23);1H. The van der Waals surface area contributed by atoms with Crippen molar-refractivity contribution >= 4 is 35.6 Å². The minimum atomic E-state index is -0.364. The van der Waals surface area contributed by atoms with Crippen molar-refractivity contribution in [3.63, 3.8) is 0 Å². The summed E-state index contributed by atoms with van der Waals surface area (Å²) in [6, 6.07) is 12.2. The van der Waals surface area contributed by atoms with Crippen LogP contribution in [0, 0.1) is 5.82 Å². The van der Waals surface area contributed by atoms with Crippen LogP contribution in [0.2, 0.25) is 0 Å². The van der Waals surface area contributed by atoms with Gasteiger partial charge in [-0.1, -0.05) is 25.1 Å². The molecule has 1 unspecified atom stereocenters. The van der Waals surface area contributed by atoms with Crippen LogP contribution >= 0.6 is 24.0 Å². The summed E-state index contributed by atoms with van der Waals surface area (Å²) in [4.78, 5) is 4.21. The average molecular weight is 498 g/mol. The van der Waals surface area contributed by atoms with Crippen molar-refractivity contribution in [2.75, 3.05) is 13.6 Å². The Hall–Kier alpha value is -2.43. The van der Waals surface area contributed by atoms with E-state index < -0.39 is 0 Å². The van der Waals surface area contributed by atoms with Gasteiger partial charge in [-0.3, -0.25) is 9.39 Å². The number of nitrogens with zero attached hydrogens (tertiary/aromatic N) is 4. The Bertz CT molecular complexity index is 916. The number of benzene rings is 1. The first kappa shape index (κ1) is 21.9. The normalized spacial score (nSPS) is 12.3. The molecule has 0 fully saturated rings. The molecule has 0 amide bonds. The lowest BCUT2D eigenvalue weighted by Gasteiger charge is -2.20. The minimum Gasteiger partial charge on any atom is -0.486 e. The number of ether oxygens (including phenoxy) is 1. The van der Waals surface area contributed by atoms with E-state index in [0.717, 1.165) is 17.9 Å². The van der Waals surface area contributed by atoms with E-state index in [9.17, 15) is 4.39 Å². The van der Waals surface area contributed by atoms with Crippen LogP contribution in [0.1, 0.15) is 19.2 Å². The number of nitrogens with one attached hydrogen (secondary N) is 2. The minimum absolute atomic E-state index is 0. The Labute approximate surface area is 180 Å². The Morgan fingerprint density at radius 1 is 1.18 bits per heavy atom. The zero-order valence-electron chi connectivity index (χ0n) is 15.8. The second-order valence-corrected chi connectivity index (χ2v) is 5.93. The summed E-state index contributed by atoms with van der Waals surface area (Å²) >= 11 is 0. The summed E-state index contributed by atoms with van der Waals surface area (Å²) in [6.45, 7) is 2.95. The van der Waals surface area contributed by atoms with E-state index in [0.29, 0.717) is 19.0 Å². The molecule has 150 valence electrons. The summed E-state index contributed by atoms with van der Waals surface area (Å²) in [7, 11) is 1.69. The van der Waals surface area contributed by atoms with Crippen LogP contribution < -0.4 is 15.4 Å². The van der Waals surface area contributed by atoms with Crippen molar-refractivity contribution in [3.05, 3.63) is 60.3 Å². The van der Waals surface area contributed by atoms with Gasteiger partial charge in [0.1, 0.15) is 6.10 Å². The van der Waals surface area contributed by atoms with Crippen molar-refractivity contribution < 1.29 is 9.13 Å². The van der Waals surface area contributed by atoms with Crippen molar-refractivity contribution in [2.24, 2.45) is 4.99 Å². The van der Waals surface area contributed by atoms with E-state index in [4.69, 9.17) is 4.74 Å². The van der Waals surface area contributed by atoms with Crippen molar-refractivity contribution in [1.29, 1.82) is 0 Å². The molecule has 7 nitrogen and oxygen atoms in total. The molecule has 28 heavy (non-hydrogen) atoms. The van der Waals surface area contributed by atoms with E-state index in [-0.39, 0.29) is 41.6 Å². The summed E-state index contributed by atoms with van der Waals surface area (Å²) in [5.74, 6) is 1.28. The molecule has 0 aliphatic heterocycles. The molecule has 0 spiro atoms. The molecule has 0 aliphatic carbocycles. The number of fused-ring (bicyclic) bond motifs is 1. The SMILES string of the molecule is CCC(CNC(=NC)NCc1nnc2ccccn12)Oc1ccccc1F.I. The highest BCUT2D eigenvalue weighted by Crippen LogP contribution is 2.17. The van der Waals surface area contributed by atoms with Crippen molar-refractivity contribution in [1.82, 2.24) is 25.2 Å². The van der Waals surface area contributed by atoms with Crippen LogP contribution in [0.25, 0.3) is 5.65 Å². The van der Waals surface area contributed by atoms with Crippen molar-refractivity contribution in [3.8, 4) is 5.75 Å². The third-order valence-electron chi connectivity index (χ3n) is 4.10. The zero-order chi connectivity index (χ0) is 19.1. The molecule has 1 atom stereocenters. The van der Waals surface area contributed by atoms with Crippen LogP contribution in [-0.4, -0.2) is 40.3 Å². The van der Waals surface area contributed by atoms with Crippen LogP contribution in [0.3, 0.4) is 0 Å². The van der Waals surface area contributed by atoms with Gasteiger partial charge in [0.25, 0.3) is 0 Å². The predicted octanol–water partition coefficient (Wildman–Crippen LogP) is 3.01. The first-order valence-electron chi connectivity index (χ1n) is 8.85. The molecule has 0 saturated heterocycles. The Balaban J connectivity index is 0.00000280. The molecule has 2 heterocycles. The number of rotatable bonds is 7. The van der Waals surface area contributed by atoms with Gasteiger partial charge < -0.3 is 15.4 Å². The van der Waals surface area contributed by atoms with Gasteiger partial charge in [-0.05, 0) is 30.7 Å². The number of hydrogen-bond acceptors (Lipinski definition) is 4. The van der Waals surface area contributed by atoms with Gasteiger partial charge in [0, 0.05) is 13.2 Å². The smallest absolute Gasteiger partial charge is 0.191 e. The molecular weight excluding hydrogens is 474 g/mol. The van der Waals surface area contributed by atoms with Gasteiger partial charge in [-0.15, -0.1) is 34.2 Å². The van der Waals surface area contributed by atoms with Gasteiger partial charge in [0.2, 0.25) is 0 Å².